The Morgan fingerprint density at radius 1 is 0.276 bits per heavy atom. The van der Waals surface area contributed by atoms with Gasteiger partial charge in [0.25, 0.3) is 0 Å². The summed E-state index contributed by atoms with van der Waals surface area (Å²) in [6, 6.07) is 0. The predicted octanol–water partition coefficient (Wildman–Crippen LogP) is 22.0. The normalized spacial score (nSPS) is 12.7. The van der Waals surface area contributed by atoms with Gasteiger partial charge in [0, 0.05) is 19.3 Å². The molecule has 0 aliphatic heterocycles. The van der Waals surface area contributed by atoms with Gasteiger partial charge in [-0.25, -0.2) is 0 Å². The number of hydrogen-bond donors (Lipinski definition) is 0. The molecule has 436 valence electrons. The monoisotopic (exact) mass is 1060 g/mol. The van der Waals surface area contributed by atoms with E-state index >= 15 is 0 Å². The predicted molar refractivity (Wildman–Crippen MR) is 330 cm³/mol. The van der Waals surface area contributed by atoms with Gasteiger partial charge in [-0.15, -0.1) is 0 Å². The molecule has 0 radical (unpaired) electrons. The van der Waals surface area contributed by atoms with Gasteiger partial charge in [-0.05, 0) is 83.5 Å². The second kappa shape index (κ2) is 63.9. The molecular formula is C70H120O6. The molecule has 0 aromatic carbocycles. The highest BCUT2D eigenvalue weighted by atomic mass is 16.6. The minimum atomic E-state index is -0.786. The number of ether oxygens (including phenoxy) is 3. The zero-order valence-electron chi connectivity index (χ0n) is 50.0. The van der Waals surface area contributed by atoms with Crippen LogP contribution in [-0.4, -0.2) is 37.2 Å². The fraction of sp³-hybridized carbons (Fsp3) is 0.729. The third-order valence-electron chi connectivity index (χ3n) is 13.9. The molecule has 1 unspecified atom stereocenters. The first-order chi connectivity index (χ1) is 37.5. The minimum absolute atomic E-state index is 0.0813. The lowest BCUT2D eigenvalue weighted by Gasteiger charge is -2.18. The van der Waals surface area contributed by atoms with Crippen molar-refractivity contribution in [2.24, 2.45) is 0 Å². The molecule has 0 saturated carbocycles. The van der Waals surface area contributed by atoms with Crippen LogP contribution in [0, 0.1) is 0 Å². The highest BCUT2D eigenvalue weighted by Crippen LogP contribution is 2.17. The average molecular weight is 1060 g/mol. The van der Waals surface area contributed by atoms with Crippen molar-refractivity contribution in [3.8, 4) is 0 Å². The summed E-state index contributed by atoms with van der Waals surface area (Å²) in [5.74, 6) is -0.894. The number of hydrogen-bond acceptors (Lipinski definition) is 6. The van der Waals surface area contributed by atoms with Crippen LogP contribution in [0.4, 0.5) is 0 Å². The van der Waals surface area contributed by atoms with Crippen molar-refractivity contribution >= 4 is 17.9 Å². The van der Waals surface area contributed by atoms with E-state index in [2.05, 4.69) is 118 Å². The maximum Gasteiger partial charge on any atom is 0.306 e. The zero-order valence-corrected chi connectivity index (χ0v) is 50.0. The number of carbonyl (C=O) groups is 3. The lowest BCUT2D eigenvalue weighted by molar-refractivity contribution is -0.167. The summed E-state index contributed by atoms with van der Waals surface area (Å²) >= 11 is 0. The van der Waals surface area contributed by atoms with E-state index in [1.165, 1.54) is 148 Å². The van der Waals surface area contributed by atoms with Gasteiger partial charge >= 0.3 is 17.9 Å². The smallest absolute Gasteiger partial charge is 0.306 e. The van der Waals surface area contributed by atoms with E-state index < -0.39 is 6.10 Å². The second-order valence-electron chi connectivity index (χ2n) is 21.3. The number of esters is 3. The number of rotatable bonds is 58. The van der Waals surface area contributed by atoms with Gasteiger partial charge < -0.3 is 14.2 Å². The second-order valence-corrected chi connectivity index (χ2v) is 21.3. The highest BCUT2D eigenvalue weighted by molar-refractivity contribution is 5.71. The Bertz CT molecular complexity index is 1490. The van der Waals surface area contributed by atoms with Gasteiger partial charge in [-0.1, -0.05) is 304 Å². The van der Waals surface area contributed by atoms with Crippen LogP contribution in [0.2, 0.25) is 0 Å². The molecule has 6 nitrogen and oxygen atoms in total. The molecule has 0 spiro atoms. The molecule has 0 aliphatic rings. The molecule has 76 heavy (non-hydrogen) atoms. The molecule has 0 heterocycles. The average Bonchev–Trinajstić information content (AvgIpc) is 3.42. The van der Waals surface area contributed by atoms with Gasteiger partial charge in [-0.2, -0.15) is 0 Å². The summed E-state index contributed by atoms with van der Waals surface area (Å²) in [6.07, 6.45) is 85.5. The molecule has 1 atom stereocenters. The lowest BCUT2D eigenvalue weighted by Crippen LogP contribution is -2.30. The van der Waals surface area contributed by atoms with E-state index in [1.807, 2.05) is 0 Å². The molecule has 6 heteroatoms. The third-order valence-corrected chi connectivity index (χ3v) is 13.9. The summed E-state index contributed by atoms with van der Waals surface area (Å²) in [6.45, 7) is 6.54. The van der Waals surface area contributed by atoms with E-state index in [1.54, 1.807) is 0 Å². The van der Waals surface area contributed by atoms with Crippen LogP contribution in [0.1, 0.15) is 310 Å². The molecule has 0 rings (SSSR count). The van der Waals surface area contributed by atoms with E-state index in [9.17, 15) is 14.4 Å². The topological polar surface area (TPSA) is 78.9 Å². The fourth-order valence-corrected chi connectivity index (χ4v) is 9.05. The number of carbonyl (C=O) groups excluding carboxylic acids is 3. The van der Waals surface area contributed by atoms with Crippen LogP contribution < -0.4 is 0 Å². The molecule has 0 fully saturated rings. The Morgan fingerprint density at radius 3 is 0.803 bits per heavy atom. The Hall–Kier alpha value is -3.67. The van der Waals surface area contributed by atoms with Crippen LogP contribution in [0.5, 0.6) is 0 Å². The highest BCUT2D eigenvalue weighted by Gasteiger charge is 2.19. The maximum atomic E-state index is 12.9. The van der Waals surface area contributed by atoms with E-state index in [4.69, 9.17) is 14.2 Å². The molecule has 0 aromatic rings. The first kappa shape index (κ1) is 72.3. The third kappa shape index (κ3) is 61.2. The molecule has 0 aromatic heterocycles. The van der Waals surface area contributed by atoms with Gasteiger partial charge in [0.05, 0.1) is 0 Å². The maximum absolute atomic E-state index is 12.9. The summed E-state index contributed by atoms with van der Waals surface area (Å²) < 4.78 is 16.9. The summed E-state index contributed by atoms with van der Waals surface area (Å²) in [5, 5.41) is 0. The van der Waals surface area contributed by atoms with E-state index in [-0.39, 0.29) is 31.1 Å². The molecule has 0 aliphatic carbocycles. The van der Waals surface area contributed by atoms with Crippen LogP contribution in [-0.2, 0) is 28.6 Å². The Morgan fingerprint density at radius 2 is 0.513 bits per heavy atom. The molecule has 0 bridgehead atoms. The first-order valence-corrected chi connectivity index (χ1v) is 32.2. The first-order valence-electron chi connectivity index (χ1n) is 32.2. The van der Waals surface area contributed by atoms with Gasteiger partial charge in [0.15, 0.2) is 6.10 Å². The standard InChI is InChI=1S/C70H120O6/c1-4-7-10-13-16-19-22-25-27-29-30-31-32-33-34-35-36-37-38-39-40-41-43-45-48-51-54-57-60-63-69(72)75-66-67(65-74-68(71)62-59-56-53-50-47-44-24-21-18-15-12-9-6-3)76-70(73)64-61-58-55-52-49-46-42-28-26-23-20-17-14-11-8-5-2/h7,10,16,19,25,27,30-31,33-34,36-37,39-40,43,45,67H,4-6,8-9,11-15,17-18,20-24,26,28-29,32,35,38,41-42,44,46-66H2,1-3H3/b10-7-,19-16-,27-25-,31-30-,34-33-,37-36-,40-39-,45-43-. The van der Waals surface area contributed by atoms with Gasteiger partial charge in [0.1, 0.15) is 13.2 Å². The largest absolute Gasteiger partial charge is 0.462 e. The molecule has 0 amide bonds. The van der Waals surface area contributed by atoms with E-state index in [0.29, 0.717) is 19.3 Å². The fourth-order valence-electron chi connectivity index (χ4n) is 9.05. The lowest BCUT2D eigenvalue weighted by atomic mass is 10.0. The van der Waals surface area contributed by atoms with Crippen LogP contribution in [0.25, 0.3) is 0 Å². The van der Waals surface area contributed by atoms with Crippen molar-refractivity contribution < 1.29 is 28.6 Å². The molecular weight excluding hydrogens is 937 g/mol. The quantitative estimate of drug-likeness (QED) is 0.0261. The zero-order chi connectivity index (χ0) is 55.0. The van der Waals surface area contributed by atoms with Crippen LogP contribution in [0.3, 0.4) is 0 Å². The van der Waals surface area contributed by atoms with Crippen LogP contribution >= 0.6 is 0 Å². The van der Waals surface area contributed by atoms with Crippen molar-refractivity contribution in [1.29, 1.82) is 0 Å². The van der Waals surface area contributed by atoms with Gasteiger partial charge in [-0.3, -0.25) is 14.4 Å². The summed E-state index contributed by atoms with van der Waals surface area (Å²) in [5.41, 5.74) is 0. The van der Waals surface area contributed by atoms with E-state index in [0.717, 1.165) is 122 Å². The van der Waals surface area contributed by atoms with Crippen molar-refractivity contribution in [2.45, 2.75) is 316 Å². The van der Waals surface area contributed by atoms with Crippen LogP contribution in [0.15, 0.2) is 97.2 Å². The van der Waals surface area contributed by atoms with Gasteiger partial charge in [0.2, 0.25) is 0 Å². The number of allylic oxidation sites excluding steroid dienone is 16. The van der Waals surface area contributed by atoms with Crippen molar-refractivity contribution in [2.75, 3.05) is 13.2 Å². The van der Waals surface area contributed by atoms with Crippen molar-refractivity contribution in [3.05, 3.63) is 97.2 Å². The Labute approximate surface area is 470 Å². The van der Waals surface area contributed by atoms with Crippen molar-refractivity contribution in [3.63, 3.8) is 0 Å². The Balaban J connectivity index is 4.34. The Kier molecular flexibility index (Phi) is 60.8. The number of unbranched alkanes of at least 4 members (excludes halogenated alkanes) is 31. The summed E-state index contributed by atoms with van der Waals surface area (Å²) in [7, 11) is 0. The summed E-state index contributed by atoms with van der Waals surface area (Å²) in [4.78, 5) is 38.3. The SMILES string of the molecule is CC/C=C\C/C=C\C/C=C\C/C=C\C/C=C\C/C=C\C/C=C\C/C=C\CCCCCCC(=O)OCC(COC(=O)CCCCCCCCCCCCCCC)OC(=O)CCCCCCCCCCCCCCCCCC. The minimum Gasteiger partial charge on any atom is -0.462 e. The van der Waals surface area contributed by atoms with Crippen molar-refractivity contribution in [1.82, 2.24) is 0 Å². The molecule has 0 saturated heterocycles. The molecule has 0 N–H and O–H groups in total.